The average Bonchev–Trinajstić information content (AvgIpc) is 1.83. The van der Waals surface area contributed by atoms with Gasteiger partial charge in [-0.05, 0) is 12.5 Å². The smallest absolute Gasteiger partial charge is 0.208 e. The molecule has 2 N–H and O–H groups in total. The van der Waals surface area contributed by atoms with Gasteiger partial charge < -0.3 is 5.32 Å². The zero-order valence-electron chi connectivity index (χ0n) is 8.14. The van der Waals surface area contributed by atoms with Crippen LogP contribution in [0.2, 0.25) is 0 Å². The first-order valence-electron chi connectivity index (χ1n) is 3.86. The van der Waals surface area contributed by atoms with Gasteiger partial charge in [-0.1, -0.05) is 13.8 Å². The highest BCUT2D eigenvalue weighted by Crippen LogP contribution is 2.11. The summed E-state index contributed by atoms with van der Waals surface area (Å²) < 4.78 is 24.0. The third-order valence-electron chi connectivity index (χ3n) is 1.47. The number of hydrogen-bond acceptors (Lipinski definition) is 3. The third kappa shape index (κ3) is 6.57. The third-order valence-corrected chi connectivity index (χ3v) is 2.14. The molecule has 0 atom stereocenters. The number of nitrogens with one attached hydrogen (secondary N) is 2. The zero-order chi connectivity index (χ0) is 9.83. The number of sulfonamides is 1. The van der Waals surface area contributed by atoms with Crippen molar-refractivity contribution in [1.29, 1.82) is 0 Å². The van der Waals surface area contributed by atoms with Gasteiger partial charge in [0.1, 0.15) is 0 Å². The molecule has 0 aromatic carbocycles. The Morgan fingerprint density at radius 1 is 1.25 bits per heavy atom. The second-order valence-corrected chi connectivity index (χ2v) is 5.62. The molecule has 0 unspecified atom stereocenters. The molecule has 0 radical (unpaired) electrons. The van der Waals surface area contributed by atoms with E-state index in [4.69, 9.17) is 0 Å². The SMILES string of the molecule is CNCC(C)(C)CNS(C)(=O)=O. The summed E-state index contributed by atoms with van der Waals surface area (Å²) in [5, 5.41) is 3.01. The van der Waals surface area contributed by atoms with Gasteiger partial charge in [-0.15, -0.1) is 0 Å². The minimum absolute atomic E-state index is 0.0438. The van der Waals surface area contributed by atoms with Crippen molar-refractivity contribution >= 4 is 10.0 Å². The Hall–Kier alpha value is -0.130. The van der Waals surface area contributed by atoms with Crippen LogP contribution < -0.4 is 10.0 Å². The highest BCUT2D eigenvalue weighted by molar-refractivity contribution is 7.88. The molecule has 0 aliphatic carbocycles. The van der Waals surface area contributed by atoms with Gasteiger partial charge in [-0.25, -0.2) is 13.1 Å². The van der Waals surface area contributed by atoms with Crippen molar-refractivity contribution in [2.45, 2.75) is 13.8 Å². The van der Waals surface area contributed by atoms with Crippen molar-refractivity contribution in [2.24, 2.45) is 5.41 Å². The molecule has 0 amide bonds. The lowest BCUT2D eigenvalue weighted by Gasteiger charge is -2.23. The first kappa shape index (κ1) is 11.9. The summed E-state index contributed by atoms with van der Waals surface area (Å²) in [7, 11) is -1.20. The Balaban J connectivity index is 3.92. The van der Waals surface area contributed by atoms with Crippen LogP contribution in [0.25, 0.3) is 0 Å². The van der Waals surface area contributed by atoms with Crippen molar-refractivity contribution in [3.63, 3.8) is 0 Å². The molecular weight excluding hydrogens is 176 g/mol. The van der Waals surface area contributed by atoms with Gasteiger partial charge in [0.25, 0.3) is 0 Å². The highest BCUT2D eigenvalue weighted by atomic mass is 32.2. The second-order valence-electron chi connectivity index (χ2n) is 3.79. The van der Waals surface area contributed by atoms with E-state index in [0.717, 1.165) is 6.54 Å². The summed E-state index contributed by atoms with van der Waals surface area (Å²) in [5.41, 5.74) is -0.0438. The first-order chi connectivity index (χ1) is 5.27. The van der Waals surface area contributed by atoms with Gasteiger partial charge in [-0.3, -0.25) is 0 Å². The predicted molar refractivity (Wildman–Crippen MR) is 50.6 cm³/mol. The van der Waals surface area contributed by atoms with E-state index in [1.807, 2.05) is 20.9 Å². The minimum Gasteiger partial charge on any atom is -0.319 e. The van der Waals surface area contributed by atoms with Crippen molar-refractivity contribution < 1.29 is 8.42 Å². The van der Waals surface area contributed by atoms with Gasteiger partial charge in [0.05, 0.1) is 6.26 Å². The monoisotopic (exact) mass is 194 g/mol. The van der Waals surface area contributed by atoms with Crippen LogP contribution in [0.15, 0.2) is 0 Å². The van der Waals surface area contributed by atoms with Crippen molar-refractivity contribution in [1.82, 2.24) is 10.0 Å². The van der Waals surface area contributed by atoms with E-state index < -0.39 is 10.0 Å². The molecule has 0 aromatic heterocycles. The second kappa shape index (κ2) is 4.20. The van der Waals surface area contributed by atoms with Crippen LogP contribution in [0.5, 0.6) is 0 Å². The van der Waals surface area contributed by atoms with Gasteiger partial charge in [-0.2, -0.15) is 0 Å². The molecule has 0 bridgehead atoms. The van der Waals surface area contributed by atoms with E-state index in [9.17, 15) is 8.42 Å². The van der Waals surface area contributed by atoms with Crippen LogP contribution in [0.1, 0.15) is 13.8 Å². The molecule has 0 spiro atoms. The zero-order valence-corrected chi connectivity index (χ0v) is 8.96. The standard InChI is InChI=1S/C7H18N2O2S/c1-7(2,5-8-3)6-9-12(4,10)11/h8-9H,5-6H2,1-4H3. The normalized spacial score (nSPS) is 13.3. The minimum atomic E-state index is -3.05. The van der Waals surface area contributed by atoms with Crippen LogP contribution >= 0.6 is 0 Å². The Kier molecular flexibility index (Phi) is 4.16. The van der Waals surface area contributed by atoms with Crippen LogP contribution in [0.3, 0.4) is 0 Å². The fourth-order valence-corrected chi connectivity index (χ4v) is 1.52. The highest BCUT2D eigenvalue weighted by Gasteiger charge is 2.17. The summed E-state index contributed by atoms with van der Waals surface area (Å²) in [6.07, 6.45) is 1.17. The van der Waals surface area contributed by atoms with E-state index in [2.05, 4.69) is 10.0 Å². The van der Waals surface area contributed by atoms with Crippen LogP contribution in [0.4, 0.5) is 0 Å². The largest absolute Gasteiger partial charge is 0.319 e. The Bertz CT molecular complexity index is 222. The molecule has 74 valence electrons. The van der Waals surface area contributed by atoms with Crippen LogP contribution in [0, 0.1) is 5.41 Å². The lowest BCUT2D eigenvalue weighted by molar-refractivity contribution is 0.351. The predicted octanol–water partition coefficient (Wildman–Crippen LogP) is -0.219. The summed E-state index contributed by atoms with van der Waals surface area (Å²) in [4.78, 5) is 0. The van der Waals surface area contributed by atoms with Crippen molar-refractivity contribution in [3.8, 4) is 0 Å². The summed E-state index contributed by atoms with van der Waals surface area (Å²) in [6, 6.07) is 0. The molecule has 0 heterocycles. The fourth-order valence-electron chi connectivity index (χ4n) is 0.868. The maximum atomic E-state index is 10.8. The van der Waals surface area contributed by atoms with Crippen molar-refractivity contribution in [3.05, 3.63) is 0 Å². The molecule has 0 aromatic rings. The van der Waals surface area contributed by atoms with E-state index in [1.165, 1.54) is 6.26 Å². The molecule has 0 aliphatic heterocycles. The van der Waals surface area contributed by atoms with Gasteiger partial charge in [0.2, 0.25) is 10.0 Å². The molecular formula is C7H18N2O2S. The Morgan fingerprint density at radius 3 is 2.08 bits per heavy atom. The maximum Gasteiger partial charge on any atom is 0.208 e. The molecule has 0 fully saturated rings. The molecule has 0 rings (SSSR count). The maximum absolute atomic E-state index is 10.8. The fraction of sp³-hybridized carbons (Fsp3) is 1.00. The molecule has 0 aliphatic rings. The molecule has 4 nitrogen and oxygen atoms in total. The molecule has 5 heteroatoms. The number of rotatable bonds is 5. The van der Waals surface area contributed by atoms with Gasteiger partial charge in [0.15, 0.2) is 0 Å². The molecule has 12 heavy (non-hydrogen) atoms. The van der Waals surface area contributed by atoms with Gasteiger partial charge >= 0.3 is 0 Å². The first-order valence-corrected chi connectivity index (χ1v) is 5.75. The quantitative estimate of drug-likeness (QED) is 0.636. The lowest BCUT2D eigenvalue weighted by Crippen LogP contribution is -2.38. The van der Waals surface area contributed by atoms with Crippen LogP contribution in [-0.4, -0.2) is 34.8 Å². The van der Waals surface area contributed by atoms with E-state index >= 15 is 0 Å². The van der Waals surface area contributed by atoms with Gasteiger partial charge in [0, 0.05) is 13.1 Å². The Morgan fingerprint density at radius 2 is 1.75 bits per heavy atom. The van der Waals surface area contributed by atoms with E-state index in [0.29, 0.717) is 6.54 Å². The molecule has 0 saturated heterocycles. The summed E-state index contributed by atoms with van der Waals surface area (Å²) in [6.45, 7) is 5.26. The van der Waals surface area contributed by atoms with Crippen molar-refractivity contribution in [2.75, 3.05) is 26.4 Å². The molecule has 0 saturated carbocycles. The van der Waals surface area contributed by atoms with E-state index in [-0.39, 0.29) is 5.41 Å². The van der Waals surface area contributed by atoms with Crippen LogP contribution in [-0.2, 0) is 10.0 Å². The topological polar surface area (TPSA) is 58.2 Å². The lowest BCUT2D eigenvalue weighted by atomic mass is 9.94. The summed E-state index contributed by atoms with van der Waals surface area (Å²) >= 11 is 0. The Labute approximate surface area is 74.8 Å². The number of hydrogen-bond donors (Lipinski definition) is 2. The van der Waals surface area contributed by atoms with E-state index in [1.54, 1.807) is 0 Å². The average molecular weight is 194 g/mol. The summed E-state index contributed by atoms with van der Waals surface area (Å²) in [5.74, 6) is 0.